The van der Waals surface area contributed by atoms with Gasteiger partial charge in [0.25, 0.3) is 0 Å². The minimum Gasteiger partial charge on any atom is -0.310 e. The highest BCUT2D eigenvalue weighted by Crippen LogP contribution is 2.32. The molecular weight excluding hydrogens is 428 g/mol. The normalized spacial score (nSPS) is 13.4. The van der Waals surface area contributed by atoms with Crippen LogP contribution in [0.15, 0.2) is 60.7 Å². The van der Waals surface area contributed by atoms with Gasteiger partial charge in [0.15, 0.2) is 0 Å². The number of aryl methyl sites for hydroxylation is 3. The third-order valence-corrected chi connectivity index (χ3v) is 7.29. The molecular formula is C27H24N4OS. The Bertz CT molecular complexity index is 1470. The molecule has 0 spiro atoms. The number of thiazole rings is 1. The van der Waals surface area contributed by atoms with Crippen LogP contribution in [0.3, 0.4) is 0 Å². The van der Waals surface area contributed by atoms with Gasteiger partial charge in [0.2, 0.25) is 11.0 Å². The van der Waals surface area contributed by atoms with E-state index < -0.39 is 0 Å². The van der Waals surface area contributed by atoms with Crippen molar-refractivity contribution in [2.45, 2.75) is 39.0 Å². The number of hydrogen-bond donors (Lipinski definition) is 1. The fourth-order valence-corrected chi connectivity index (χ4v) is 5.67. The van der Waals surface area contributed by atoms with Crippen LogP contribution in [-0.2, 0) is 24.1 Å². The number of benzene rings is 3. The van der Waals surface area contributed by atoms with Crippen molar-refractivity contribution >= 4 is 44.1 Å². The smallest absolute Gasteiger partial charge is 0.229 e. The standard InChI is InChI=1S/C27H24N4OS/c1-17-12-25(29-26(32)14-18-10-11-19-6-2-3-7-20(19)13-18)31(30-17)27-28-23-15-21-8-4-5-9-22(21)16-24(23)33-27/h2-3,6-7,10-13,15-16H,4-5,8-9,14H2,1H3,(H,29,32). The molecule has 2 heterocycles. The molecule has 0 aliphatic heterocycles. The predicted octanol–water partition coefficient (Wildman–Crippen LogP) is 6.00. The number of carbonyl (C=O) groups excluding carboxylic acids is 1. The van der Waals surface area contributed by atoms with E-state index >= 15 is 0 Å². The van der Waals surface area contributed by atoms with Gasteiger partial charge in [-0.3, -0.25) is 4.79 Å². The molecule has 6 rings (SSSR count). The maximum absolute atomic E-state index is 12.9. The molecule has 0 atom stereocenters. The Morgan fingerprint density at radius 2 is 1.79 bits per heavy atom. The first kappa shape index (κ1) is 20.1. The highest BCUT2D eigenvalue weighted by molar-refractivity contribution is 7.20. The summed E-state index contributed by atoms with van der Waals surface area (Å²) in [4.78, 5) is 17.7. The van der Waals surface area contributed by atoms with Crippen LogP contribution in [0.5, 0.6) is 0 Å². The lowest BCUT2D eigenvalue weighted by atomic mass is 9.92. The fraction of sp³-hybridized carbons (Fsp3) is 0.222. The summed E-state index contributed by atoms with van der Waals surface area (Å²) < 4.78 is 2.93. The van der Waals surface area contributed by atoms with Crippen LogP contribution in [0.2, 0.25) is 0 Å². The number of nitrogens with zero attached hydrogens (tertiary/aromatic N) is 3. The SMILES string of the molecule is Cc1cc(NC(=O)Cc2ccc3ccccc3c2)n(-c2nc3cc4c(cc3s2)CCCC4)n1. The van der Waals surface area contributed by atoms with Crippen LogP contribution in [-0.4, -0.2) is 20.7 Å². The van der Waals surface area contributed by atoms with Crippen molar-refractivity contribution in [2.75, 3.05) is 5.32 Å². The number of hydrogen-bond acceptors (Lipinski definition) is 4. The molecule has 1 aliphatic carbocycles. The van der Waals surface area contributed by atoms with Gasteiger partial charge in [0.1, 0.15) is 5.82 Å². The van der Waals surface area contributed by atoms with E-state index in [4.69, 9.17) is 4.98 Å². The maximum atomic E-state index is 12.9. The van der Waals surface area contributed by atoms with Crippen LogP contribution in [0.25, 0.3) is 26.1 Å². The lowest BCUT2D eigenvalue weighted by Gasteiger charge is -2.14. The second kappa shape index (κ2) is 8.12. The zero-order valence-electron chi connectivity index (χ0n) is 18.5. The highest BCUT2D eigenvalue weighted by Gasteiger charge is 2.17. The maximum Gasteiger partial charge on any atom is 0.229 e. The second-order valence-corrected chi connectivity index (χ2v) is 9.79. The first-order chi connectivity index (χ1) is 16.1. The molecule has 3 aromatic carbocycles. The Hall–Kier alpha value is -3.51. The van der Waals surface area contributed by atoms with Gasteiger partial charge in [-0.2, -0.15) is 9.78 Å². The van der Waals surface area contributed by atoms with E-state index in [1.807, 2.05) is 31.2 Å². The monoisotopic (exact) mass is 452 g/mol. The van der Waals surface area contributed by atoms with Gasteiger partial charge in [-0.25, -0.2) is 4.98 Å². The summed E-state index contributed by atoms with van der Waals surface area (Å²) in [6, 6.07) is 20.8. The molecule has 0 saturated heterocycles. The van der Waals surface area contributed by atoms with Gasteiger partial charge in [-0.05, 0) is 72.2 Å². The summed E-state index contributed by atoms with van der Waals surface area (Å²) in [6.07, 6.45) is 5.10. The minimum absolute atomic E-state index is 0.0667. The molecule has 0 radical (unpaired) electrons. The van der Waals surface area contributed by atoms with E-state index in [0.717, 1.165) is 40.1 Å². The number of amides is 1. The van der Waals surface area contributed by atoms with Crippen LogP contribution in [0.1, 0.15) is 35.2 Å². The first-order valence-electron chi connectivity index (χ1n) is 11.4. The van der Waals surface area contributed by atoms with E-state index in [0.29, 0.717) is 12.2 Å². The molecule has 164 valence electrons. The van der Waals surface area contributed by atoms with Gasteiger partial charge < -0.3 is 5.32 Å². The summed E-state index contributed by atoms with van der Waals surface area (Å²) >= 11 is 1.62. The molecule has 5 aromatic rings. The third kappa shape index (κ3) is 3.91. The Balaban J connectivity index is 1.27. The van der Waals surface area contributed by atoms with E-state index in [1.165, 1.54) is 34.1 Å². The lowest BCUT2D eigenvalue weighted by molar-refractivity contribution is -0.115. The number of aromatic nitrogens is 3. The number of nitrogens with one attached hydrogen (secondary N) is 1. The summed E-state index contributed by atoms with van der Waals surface area (Å²) in [5.41, 5.74) is 5.71. The summed E-state index contributed by atoms with van der Waals surface area (Å²) in [6.45, 7) is 1.93. The summed E-state index contributed by atoms with van der Waals surface area (Å²) in [7, 11) is 0. The minimum atomic E-state index is -0.0667. The molecule has 0 saturated carbocycles. The molecule has 5 nitrogen and oxygen atoms in total. The number of fused-ring (bicyclic) bond motifs is 3. The Morgan fingerprint density at radius 3 is 2.64 bits per heavy atom. The predicted molar refractivity (Wildman–Crippen MR) is 134 cm³/mol. The van der Waals surface area contributed by atoms with Crippen molar-refractivity contribution in [2.24, 2.45) is 0 Å². The van der Waals surface area contributed by atoms with Gasteiger partial charge in [-0.15, -0.1) is 0 Å². The van der Waals surface area contributed by atoms with Crippen molar-refractivity contribution in [3.8, 4) is 5.13 Å². The Kier molecular flexibility index (Phi) is 4.95. The van der Waals surface area contributed by atoms with Gasteiger partial charge in [0.05, 0.1) is 22.3 Å². The molecule has 1 aliphatic rings. The van der Waals surface area contributed by atoms with Crippen LogP contribution < -0.4 is 5.32 Å². The third-order valence-electron chi connectivity index (χ3n) is 6.30. The number of rotatable bonds is 4. The molecule has 0 unspecified atom stereocenters. The van der Waals surface area contributed by atoms with Gasteiger partial charge in [0, 0.05) is 6.07 Å². The summed E-state index contributed by atoms with van der Waals surface area (Å²) in [5.74, 6) is 0.588. The van der Waals surface area contributed by atoms with E-state index in [-0.39, 0.29) is 5.91 Å². The summed E-state index contributed by atoms with van der Waals surface area (Å²) in [5, 5.41) is 10.8. The van der Waals surface area contributed by atoms with Crippen molar-refractivity contribution in [1.82, 2.24) is 14.8 Å². The largest absolute Gasteiger partial charge is 0.310 e. The van der Waals surface area contributed by atoms with Crippen LogP contribution in [0.4, 0.5) is 5.82 Å². The molecule has 2 aromatic heterocycles. The molecule has 1 N–H and O–H groups in total. The van der Waals surface area contributed by atoms with Crippen molar-refractivity contribution in [3.05, 3.63) is 83.0 Å². The quantitative estimate of drug-likeness (QED) is 0.364. The van der Waals surface area contributed by atoms with E-state index in [2.05, 4.69) is 46.8 Å². The number of anilines is 1. The number of carbonyl (C=O) groups is 1. The van der Waals surface area contributed by atoms with Crippen molar-refractivity contribution in [3.63, 3.8) is 0 Å². The second-order valence-electron chi connectivity index (χ2n) is 8.78. The first-order valence-corrected chi connectivity index (χ1v) is 12.2. The molecule has 33 heavy (non-hydrogen) atoms. The molecule has 1 amide bonds. The average Bonchev–Trinajstić information content (AvgIpc) is 3.39. The van der Waals surface area contributed by atoms with E-state index in [9.17, 15) is 4.79 Å². The van der Waals surface area contributed by atoms with Crippen LogP contribution in [0, 0.1) is 6.92 Å². The van der Waals surface area contributed by atoms with E-state index in [1.54, 1.807) is 16.0 Å². The van der Waals surface area contributed by atoms with Gasteiger partial charge in [-0.1, -0.05) is 53.8 Å². The molecule has 6 heteroatoms. The lowest BCUT2D eigenvalue weighted by Crippen LogP contribution is -2.17. The van der Waals surface area contributed by atoms with Crippen molar-refractivity contribution < 1.29 is 4.79 Å². The highest BCUT2D eigenvalue weighted by atomic mass is 32.1. The average molecular weight is 453 g/mol. The Morgan fingerprint density at radius 1 is 1.00 bits per heavy atom. The zero-order valence-corrected chi connectivity index (χ0v) is 19.3. The fourth-order valence-electron chi connectivity index (χ4n) is 4.69. The van der Waals surface area contributed by atoms with Gasteiger partial charge >= 0.3 is 0 Å². The molecule has 0 bridgehead atoms. The Labute approximate surface area is 196 Å². The van der Waals surface area contributed by atoms with Crippen LogP contribution >= 0.6 is 11.3 Å². The van der Waals surface area contributed by atoms with Crippen molar-refractivity contribution in [1.29, 1.82) is 0 Å². The topological polar surface area (TPSA) is 59.8 Å². The zero-order chi connectivity index (χ0) is 22.4. The molecule has 0 fully saturated rings.